The molecule has 328 valence electrons. The van der Waals surface area contributed by atoms with Crippen molar-refractivity contribution < 1.29 is 33.7 Å². The van der Waals surface area contributed by atoms with Crippen LogP contribution in [0.25, 0.3) is 5.69 Å². The van der Waals surface area contributed by atoms with Gasteiger partial charge in [0.15, 0.2) is 0 Å². The fraction of sp³-hybridized carbons (Fsp3) is 0.429. The number of likely N-dealkylation sites (tertiary alicyclic amines) is 1. The lowest BCUT2D eigenvalue weighted by molar-refractivity contribution is 0.0603. The third-order valence-corrected chi connectivity index (χ3v) is 12.0. The minimum absolute atomic E-state index is 0.0472. The summed E-state index contributed by atoms with van der Waals surface area (Å²) >= 11 is 3.19. The van der Waals surface area contributed by atoms with Crippen molar-refractivity contribution in [2.24, 2.45) is 0 Å². The van der Waals surface area contributed by atoms with Crippen molar-refractivity contribution in [2.45, 2.75) is 102 Å². The number of amides is 1. The van der Waals surface area contributed by atoms with Gasteiger partial charge in [0.05, 0.1) is 44.9 Å². The molecule has 5 aromatic rings. The maximum absolute atomic E-state index is 13.9. The standard InChI is InChI=1S/C21H24FN5O2S.C12H20N2OS.C7H6FNO2.C2H4N2/c1-13-4-5-14(19-25-18(12-30-19)21(2,3)29)11-26(13)20(28)16-7-6-15(22)10-17(16)27-23-8-9-24-27;1-8-4-5-9(6-13-8)11-14-10(7-16-11)12(2,3)15;8-4-1-2-5(7(10)11)6(9)3-4;3-1-2-4/h6-10,12-14,29H,4-5,11H2,1-3H3;7-9,13,15H,4-6H2,1-3H3;1-3H,9H2,(H,10,11);1-4H/t13-,14-;8-,9-;;/m11../s1. The number of piperidine rings is 2. The van der Waals surface area contributed by atoms with E-state index in [0.717, 1.165) is 65.7 Å². The third-order valence-electron chi connectivity index (χ3n) is 9.95. The Hall–Kier alpha value is -5.34. The quantitative estimate of drug-likeness (QED) is 0.0612. The van der Waals surface area contributed by atoms with Crippen LogP contribution in [-0.4, -0.2) is 94.7 Å². The molecule has 0 aliphatic carbocycles. The fourth-order valence-electron chi connectivity index (χ4n) is 6.39. The van der Waals surface area contributed by atoms with E-state index in [1.165, 1.54) is 59.6 Å². The Morgan fingerprint density at radius 3 is 1.84 bits per heavy atom. The molecule has 0 radical (unpaired) electrons. The van der Waals surface area contributed by atoms with Crippen molar-refractivity contribution in [3.05, 3.63) is 104 Å². The van der Waals surface area contributed by atoms with Gasteiger partial charge in [-0.05, 0) is 97.6 Å². The number of nitrogens with one attached hydrogen (secondary N) is 3. The van der Waals surface area contributed by atoms with Crippen LogP contribution in [0.1, 0.15) is 121 Å². The normalized spacial score (nSPS) is 18.9. The Morgan fingerprint density at radius 1 is 0.836 bits per heavy atom. The van der Waals surface area contributed by atoms with Gasteiger partial charge in [-0.15, -0.1) is 22.7 Å². The Labute approximate surface area is 361 Å². The number of nitrogens with zero attached hydrogens (tertiary/aromatic N) is 6. The molecule has 5 heterocycles. The Bertz CT molecular complexity index is 2220. The molecule has 2 saturated heterocycles. The number of benzene rings is 2. The van der Waals surface area contributed by atoms with Crippen LogP contribution in [-0.2, 0) is 11.2 Å². The highest BCUT2D eigenvalue weighted by Gasteiger charge is 2.34. The minimum atomic E-state index is -1.15. The summed E-state index contributed by atoms with van der Waals surface area (Å²) in [5.74, 6) is -1.70. The van der Waals surface area contributed by atoms with Crippen molar-refractivity contribution in [3.8, 4) is 5.69 Å². The van der Waals surface area contributed by atoms with Gasteiger partial charge in [0.1, 0.15) is 28.5 Å². The number of carbonyl (C=O) groups excluding carboxylic acids is 1. The van der Waals surface area contributed by atoms with Crippen LogP contribution < -0.4 is 11.1 Å². The van der Waals surface area contributed by atoms with Crippen molar-refractivity contribution in [3.63, 3.8) is 0 Å². The van der Waals surface area contributed by atoms with E-state index in [4.69, 9.17) is 21.7 Å². The second-order valence-electron chi connectivity index (χ2n) is 15.8. The number of hydrogen-bond donors (Lipinski definition) is 7. The van der Waals surface area contributed by atoms with Crippen LogP contribution in [0.5, 0.6) is 0 Å². The fourth-order valence-corrected chi connectivity index (χ4v) is 8.62. The molecule has 19 heteroatoms. The van der Waals surface area contributed by atoms with Gasteiger partial charge in [-0.2, -0.15) is 15.0 Å². The van der Waals surface area contributed by atoms with E-state index in [-0.39, 0.29) is 29.1 Å². The molecule has 3 aromatic heterocycles. The van der Waals surface area contributed by atoms with Crippen molar-refractivity contribution in [2.75, 3.05) is 18.8 Å². The molecule has 61 heavy (non-hydrogen) atoms. The van der Waals surface area contributed by atoms with Gasteiger partial charge in [-0.3, -0.25) is 4.79 Å². The molecule has 0 unspecified atom stereocenters. The van der Waals surface area contributed by atoms with E-state index < -0.39 is 28.8 Å². The van der Waals surface area contributed by atoms with Crippen LogP contribution in [0.15, 0.2) is 59.6 Å². The zero-order chi connectivity index (χ0) is 45.1. The number of carboxylic acid groups (broad SMARTS) is 1. The number of carbonyl (C=O) groups is 2. The molecule has 0 saturated carbocycles. The number of hydrogen-bond acceptors (Lipinski definition) is 14. The molecular weight excluding hydrogens is 827 g/mol. The first-order valence-electron chi connectivity index (χ1n) is 19.6. The molecule has 1 amide bonds. The lowest BCUT2D eigenvalue weighted by Crippen LogP contribution is -2.45. The summed E-state index contributed by atoms with van der Waals surface area (Å²) in [4.78, 5) is 36.1. The predicted octanol–water partition coefficient (Wildman–Crippen LogP) is 7.12. The predicted molar refractivity (Wildman–Crippen MR) is 233 cm³/mol. The molecule has 7 rings (SSSR count). The van der Waals surface area contributed by atoms with E-state index in [2.05, 4.69) is 32.4 Å². The zero-order valence-corrected chi connectivity index (χ0v) is 36.6. The molecule has 2 fully saturated rings. The largest absolute Gasteiger partial charge is 0.478 e. The SMILES string of the molecule is C[C@@H]1CC[C@@H](c2nc(C(C)(C)O)cs2)CN1.C[C@@H]1CC[C@@H](c2nc(C(C)(C)O)cs2)CN1C(=O)c1ccc(F)cc1-n1nccn1.N=CC=N.Nc1cc(F)ccc1C(=O)O. The van der Waals surface area contributed by atoms with Crippen molar-refractivity contribution in [1.82, 2.24) is 35.2 Å². The number of nitrogens with two attached hydrogens (primary N) is 1. The van der Waals surface area contributed by atoms with Crippen LogP contribution in [0.2, 0.25) is 0 Å². The summed E-state index contributed by atoms with van der Waals surface area (Å²) in [6.45, 7) is 12.8. The Morgan fingerprint density at radius 2 is 1.36 bits per heavy atom. The first-order valence-corrected chi connectivity index (χ1v) is 21.3. The molecule has 15 nitrogen and oxygen atoms in total. The summed E-state index contributed by atoms with van der Waals surface area (Å²) in [5.41, 5.74) is 5.37. The Balaban J connectivity index is 0.000000220. The molecule has 0 bridgehead atoms. The van der Waals surface area contributed by atoms with E-state index in [1.54, 1.807) is 39.0 Å². The molecule has 0 spiro atoms. The molecule has 2 aliphatic rings. The number of thiazole rings is 2. The monoisotopic (exact) mass is 880 g/mol. The summed E-state index contributed by atoms with van der Waals surface area (Å²) < 4.78 is 26.2. The number of aromatic nitrogens is 5. The number of aliphatic hydroxyl groups is 2. The van der Waals surface area contributed by atoms with Gasteiger partial charge in [0.2, 0.25) is 0 Å². The van der Waals surface area contributed by atoms with Crippen LogP contribution in [0, 0.1) is 22.5 Å². The highest BCUT2D eigenvalue weighted by atomic mass is 32.1. The van der Waals surface area contributed by atoms with Gasteiger partial charge < -0.3 is 42.1 Å². The van der Waals surface area contributed by atoms with E-state index in [0.29, 0.717) is 35.4 Å². The highest BCUT2D eigenvalue weighted by molar-refractivity contribution is 7.10. The molecule has 4 atom stereocenters. The van der Waals surface area contributed by atoms with Gasteiger partial charge in [-0.1, -0.05) is 0 Å². The number of anilines is 1. The smallest absolute Gasteiger partial charge is 0.337 e. The molecular formula is C42H54F2N10O5S2. The first kappa shape index (κ1) is 48.3. The minimum Gasteiger partial charge on any atom is -0.478 e. The highest BCUT2D eigenvalue weighted by Crippen LogP contribution is 2.35. The number of aromatic carboxylic acids is 1. The van der Waals surface area contributed by atoms with Crippen LogP contribution >= 0.6 is 22.7 Å². The Kier molecular flexibility index (Phi) is 17.0. The lowest BCUT2D eigenvalue weighted by atomic mass is 9.93. The van der Waals surface area contributed by atoms with Crippen molar-refractivity contribution in [1.29, 1.82) is 10.8 Å². The van der Waals surface area contributed by atoms with Gasteiger partial charge in [0, 0.05) is 72.0 Å². The van der Waals surface area contributed by atoms with Gasteiger partial charge >= 0.3 is 5.97 Å². The number of carboxylic acids is 1. The van der Waals surface area contributed by atoms with Gasteiger partial charge in [0.25, 0.3) is 5.91 Å². The van der Waals surface area contributed by atoms with Crippen LogP contribution in [0.4, 0.5) is 14.5 Å². The van der Waals surface area contributed by atoms with Crippen molar-refractivity contribution >= 4 is 52.7 Å². The third kappa shape index (κ3) is 13.6. The summed E-state index contributed by atoms with van der Waals surface area (Å²) in [6, 6.07) is 7.88. The van der Waals surface area contributed by atoms with Crippen LogP contribution in [0.3, 0.4) is 0 Å². The van der Waals surface area contributed by atoms with E-state index in [9.17, 15) is 28.6 Å². The average Bonchev–Trinajstić information content (AvgIpc) is 4.02. The van der Waals surface area contributed by atoms with Gasteiger partial charge in [-0.25, -0.2) is 23.5 Å². The summed E-state index contributed by atoms with van der Waals surface area (Å²) in [5, 5.41) is 58.2. The molecule has 2 aliphatic heterocycles. The van der Waals surface area contributed by atoms with E-state index in [1.807, 2.05) is 22.6 Å². The maximum atomic E-state index is 13.9. The first-order chi connectivity index (χ1) is 28.7. The summed E-state index contributed by atoms with van der Waals surface area (Å²) in [7, 11) is 0. The maximum Gasteiger partial charge on any atom is 0.337 e. The number of nitrogen functional groups attached to an aromatic ring is 1. The molecule has 2 aromatic carbocycles. The van der Waals surface area contributed by atoms with E-state index >= 15 is 0 Å². The summed E-state index contributed by atoms with van der Waals surface area (Å²) in [6.07, 6.45) is 8.98. The lowest BCUT2D eigenvalue weighted by Gasteiger charge is -2.37. The zero-order valence-electron chi connectivity index (χ0n) is 35.0. The number of halogens is 2. The second-order valence-corrected chi connectivity index (χ2v) is 17.6. The average molecular weight is 881 g/mol. The topological polar surface area (TPSA) is 240 Å². The second kappa shape index (κ2) is 21.4. The molecule has 8 N–H and O–H groups in total. The number of rotatable bonds is 8.